The van der Waals surface area contributed by atoms with Crippen LogP contribution in [0.25, 0.3) is 10.2 Å². The third-order valence-electron chi connectivity index (χ3n) is 5.89. The number of carbonyl (C=O) groups is 3. The summed E-state index contributed by atoms with van der Waals surface area (Å²) in [6, 6.07) is 8.61. The maximum atomic E-state index is 13.4. The Kier molecular flexibility index (Phi) is 9.30. The van der Waals surface area contributed by atoms with Crippen molar-refractivity contribution in [2.45, 2.75) is 64.5 Å². The van der Waals surface area contributed by atoms with Gasteiger partial charge >= 0.3 is 0 Å². The number of nitrogens with two attached hydrogens (primary N) is 1. The van der Waals surface area contributed by atoms with E-state index < -0.39 is 18.0 Å². The normalized spacial score (nSPS) is 12.8. The molecular weight excluding hydrogens is 474 g/mol. The zero-order valence-corrected chi connectivity index (χ0v) is 21.7. The van der Waals surface area contributed by atoms with E-state index in [9.17, 15) is 14.4 Å². The summed E-state index contributed by atoms with van der Waals surface area (Å²) in [5, 5.41) is 6.58. The minimum Gasteiger partial charge on any atom is -0.366 e. The molecular formula is C27H33N5O3S. The minimum atomic E-state index is -0.815. The first-order chi connectivity index (χ1) is 17.2. The largest absolute Gasteiger partial charge is 0.366 e. The Bertz CT molecular complexity index is 1240. The summed E-state index contributed by atoms with van der Waals surface area (Å²) >= 11 is 1.52. The first-order valence-corrected chi connectivity index (χ1v) is 12.8. The smallest absolute Gasteiger partial charge is 0.244 e. The zero-order valence-electron chi connectivity index (χ0n) is 20.9. The molecule has 3 aromatic rings. The highest BCUT2D eigenvalue weighted by Crippen LogP contribution is 2.27. The van der Waals surface area contributed by atoms with Crippen molar-refractivity contribution in [2.24, 2.45) is 5.73 Å². The number of benzene rings is 1. The molecule has 0 saturated carbocycles. The first kappa shape index (κ1) is 27.0. The highest BCUT2D eigenvalue weighted by Gasteiger charge is 2.26. The van der Waals surface area contributed by atoms with E-state index >= 15 is 0 Å². The van der Waals surface area contributed by atoms with Crippen LogP contribution in [-0.2, 0) is 27.2 Å². The van der Waals surface area contributed by atoms with Crippen LogP contribution in [0, 0.1) is 0 Å². The average molecular weight is 508 g/mol. The van der Waals surface area contributed by atoms with Gasteiger partial charge in [0.25, 0.3) is 0 Å². The summed E-state index contributed by atoms with van der Waals surface area (Å²) in [5.74, 6) is -0.800. The molecule has 9 heteroatoms. The monoisotopic (exact) mass is 507 g/mol. The number of hydrogen-bond donors (Lipinski definition) is 3. The fourth-order valence-electron chi connectivity index (χ4n) is 3.79. The van der Waals surface area contributed by atoms with Gasteiger partial charge in [-0.1, -0.05) is 33.4 Å². The molecule has 2 atom stereocenters. The predicted molar refractivity (Wildman–Crippen MR) is 142 cm³/mol. The van der Waals surface area contributed by atoms with Crippen LogP contribution >= 0.6 is 11.3 Å². The van der Waals surface area contributed by atoms with Gasteiger partial charge in [0.1, 0.15) is 6.04 Å². The standard InChI is InChI=1S/C27H33N5O3S/c1-5-24(33)31-22(15-25-32-21-7-6-19(16(2)3)14-23(21)36-25)27(35)30-20(12-17(4)26(28)34)13-18-8-10-29-11-9-18/h6-11,14,16,20,22H,4-5,12-13,15H2,1-3H3,(H2,28,34)(H,30,35)(H,31,33)/t20-,22+/m1/s1. The lowest BCUT2D eigenvalue weighted by Crippen LogP contribution is -2.51. The van der Waals surface area contributed by atoms with Gasteiger partial charge in [-0.15, -0.1) is 11.3 Å². The summed E-state index contributed by atoms with van der Waals surface area (Å²) < 4.78 is 1.05. The van der Waals surface area contributed by atoms with Gasteiger partial charge in [0.05, 0.1) is 15.2 Å². The van der Waals surface area contributed by atoms with E-state index in [1.54, 1.807) is 19.3 Å². The van der Waals surface area contributed by atoms with Gasteiger partial charge in [0, 0.05) is 36.9 Å². The van der Waals surface area contributed by atoms with E-state index in [-0.39, 0.29) is 36.6 Å². The number of pyridine rings is 1. The van der Waals surface area contributed by atoms with Crippen LogP contribution in [0.15, 0.2) is 54.9 Å². The second-order valence-electron chi connectivity index (χ2n) is 9.10. The van der Waals surface area contributed by atoms with Crippen LogP contribution in [0.2, 0.25) is 0 Å². The van der Waals surface area contributed by atoms with Crippen molar-refractivity contribution in [3.8, 4) is 0 Å². The molecule has 36 heavy (non-hydrogen) atoms. The van der Waals surface area contributed by atoms with Gasteiger partial charge in [-0.05, 0) is 54.2 Å². The molecule has 190 valence electrons. The van der Waals surface area contributed by atoms with E-state index in [4.69, 9.17) is 10.7 Å². The van der Waals surface area contributed by atoms with E-state index in [2.05, 4.69) is 48.2 Å². The van der Waals surface area contributed by atoms with E-state index in [0.29, 0.717) is 12.3 Å². The van der Waals surface area contributed by atoms with Crippen LogP contribution in [-0.4, -0.2) is 39.8 Å². The molecule has 0 bridgehead atoms. The molecule has 2 heterocycles. The SMILES string of the molecule is C=C(C[C@H](Cc1ccncc1)NC(=O)[C@H](Cc1nc2ccc(C(C)C)cc2s1)NC(=O)CC)C(N)=O. The molecule has 0 radical (unpaired) electrons. The van der Waals surface area contributed by atoms with Crippen LogP contribution < -0.4 is 16.4 Å². The number of fused-ring (bicyclic) bond motifs is 1. The van der Waals surface area contributed by atoms with Crippen LogP contribution in [0.5, 0.6) is 0 Å². The van der Waals surface area contributed by atoms with Gasteiger partial charge < -0.3 is 16.4 Å². The molecule has 0 saturated heterocycles. The number of nitrogens with one attached hydrogen (secondary N) is 2. The Labute approximate surface area is 215 Å². The highest BCUT2D eigenvalue weighted by atomic mass is 32.1. The third kappa shape index (κ3) is 7.45. The second-order valence-corrected chi connectivity index (χ2v) is 10.2. The molecule has 0 spiro atoms. The highest BCUT2D eigenvalue weighted by molar-refractivity contribution is 7.18. The van der Waals surface area contributed by atoms with Crippen molar-refractivity contribution in [1.82, 2.24) is 20.6 Å². The van der Waals surface area contributed by atoms with Crippen LogP contribution in [0.4, 0.5) is 0 Å². The van der Waals surface area contributed by atoms with Gasteiger partial charge in [-0.25, -0.2) is 4.98 Å². The molecule has 0 aliphatic carbocycles. The number of primary amides is 1. The summed E-state index contributed by atoms with van der Waals surface area (Å²) in [6.45, 7) is 9.76. The second kappa shape index (κ2) is 12.4. The lowest BCUT2D eigenvalue weighted by molar-refractivity contribution is -0.129. The lowest BCUT2D eigenvalue weighted by Gasteiger charge is -2.23. The maximum Gasteiger partial charge on any atom is 0.244 e. The topological polar surface area (TPSA) is 127 Å². The average Bonchev–Trinajstić information content (AvgIpc) is 3.25. The van der Waals surface area contributed by atoms with Crippen molar-refractivity contribution in [1.29, 1.82) is 0 Å². The van der Waals surface area contributed by atoms with Gasteiger partial charge in [-0.3, -0.25) is 19.4 Å². The molecule has 8 nitrogen and oxygen atoms in total. The number of amides is 3. The quantitative estimate of drug-likeness (QED) is 0.324. The molecule has 3 rings (SSSR count). The fraction of sp³-hybridized carbons (Fsp3) is 0.370. The Morgan fingerprint density at radius 2 is 1.81 bits per heavy atom. The van der Waals surface area contributed by atoms with E-state index in [0.717, 1.165) is 20.8 Å². The Balaban J connectivity index is 1.82. The lowest BCUT2D eigenvalue weighted by atomic mass is 9.99. The molecule has 0 aliphatic heterocycles. The summed E-state index contributed by atoms with van der Waals surface area (Å²) in [5.41, 5.74) is 8.64. The maximum absolute atomic E-state index is 13.4. The fourth-order valence-corrected chi connectivity index (χ4v) is 4.85. The zero-order chi connectivity index (χ0) is 26.2. The van der Waals surface area contributed by atoms with Gasteiger partial charge in [-0.2, -0.15) is 0 Å². The predicted octanol–water partition coefficient (Wildman–Crippen LogP) is 3.41. The van der Waals surface area contributed by atoms with Crippen molar-refractivity contribution in [3.05, 3.63) is 71.0 Å². The number of thiazole rings is 1. The molecule has 1 aromatic carbocycles. The van der Waals surface area contributed by atoms with Gasteiger partial charge in [0.15, 0.2) is 0 Å². The minimum absolute atomic E-state index is 0.191. The Morgan fingerprint density at radius 1 is 1.08 bits per heavy atom. The summed E-state index contributed by atoms with van der Waals surface area (Å²) in [6.07, 6.45) is 4.48. The van der Waals surface area contributed by atoms with Crippen molar-refractivity contribution in [2.75, 3.05) is 0 Å². The molecule has 4 N–H and O–H groups in total. The van der Waals surface area contributed by atoms with E-state index in [1.165, 1.54) is 16.9 Å². The molecule has 0 aliphatic rings. The molecule has 0 fully saturated rings. The Hall–Kier alpha value is -3.59. The summed E-state index contributed by atoms with van der Waals surface area (Å²) in [4.78, 5) is 46.0. The van der Waals surface area contributed by atoms with Crippen LogP contribution in [0.3, 0.4) is 0 Å². The molecule has 2 aromatic heterocycles. The number of aromatic nitrogens is 2. The molecule has 3 amide bonds. The van der Waals surface area contributed by atoms with Gasteiger partial charge in [0.2, 0.25) is 17.7 Å². The van der Waals surface area contributed by atoms with Crippen LogP contribution in [0.1, 0.15) is 55.7 Å². The number of hydrogen-bond acceptors (Lipinski definition) is 6. The van der Waals surface area contributed by atoms with Crippen molar-refractivity contribution in [3.63, 3.8) is 0 Å². The number of rotatable bonds is 12. The number of nitrogens with zero attached hydrogens (tertiary/aromatic N) is 2. The summed E-state index contributed by atoms with van der Waals surface area (Å²) in [7, 11) is 0. The third-order valence-corrected chi connectivity index (χ3v) is 6.93. The van der Waals surface area contributed by atoms with Crippen molar-refractivity contribution < 1.29 is 14.4 Å². The number of carbonyl (C=O) groups excluding carboxylic acids is 3. The molecule has 0 unspecified atom stereocenters. The Morgan fingerprint density at radius 3 is 2.44 bits per heavy atom. The van der Waals surface area contributed by atoms with Crippen molar-refractivity contribution >= 4 is 39.3 Å². The first-order valence-electron chi connectivity index (χ1n) is 12.0. The van der Waals surface area contributed by atoms with E-state index in [1.807, 2.05) is 18.2 Å².